The molecule has 0 heterocycles. The van der Waals surface area contributed by atoms with E-state index in [1.807, 2.05) is 13.8 Å². The molecule has 0 N–H and O–H groups in total. The van der Waals surface area contributed by atoms with Crippen LogP contribution in [0.25, 0.3) is 0 Å². The molecule has 0 saturated heterocycles. The molecule has 5 nitrogen and oxygen atoms in total. The Balaban J connectivity index is 3.25. The van der Waals surface area contributed by atoms with E-state index in [9.17, 15) is 14.5 Å². The van der Waals surface area contributed by atoms with Gasteiger partial charge in [0.2, 0.25) is 0 Å². The fourth-order valence-electron chi connectivity index (χ4n) is 1.79. The van der Waals surface area contributed by atoms with E-state index >= 15 is 0 Å². The van der Waals surface area contributed by atoms with Crippen LogP contribution in [0.4, 0.5) is 15.8 Å². The van der Waals surface area contributed by atoms with Crippen molar-refractivity contribution in [3.05, 3.63) is 28.1 Å². The Kier molecular flexibility index (Phi) is 4.47. The largest absolute Gasteiger partial charge is 0.494 e. The second-order valence-corrected chi connectivity index (χ2v) is 4.51. The Morgan fingerprint density at radius 2 is 2.11 bits per heavy atom. The number of benzene rings is 1. The fourth-order valence-corrected chi connectivity index (χ4v) is 1.79. The van der Waals surface area contributed by atoms with Gasteiger partial charge in [-0.25, -0.2) is 4.39 Å². The summed E-state index contributed by atoms with van der Waals surface area (Å²) in [6, 6.07) is 2.25. The lowest BCUT2D eigenvalue weighted by atomic mass is 10.1. The summed E-state index contributed by atoms with van der Waals surface area (Å²) < 4.78 is 18.3. The molecule has 0 aromatic heterocycles. The lowest BCUT2D eigenvalue weighted by Gasteiger charge is -2.21. The van der Waals surface area contributed by atoms with E-state index in [0.717, 1.165) is 6.07 Å². The summed E-state index contributed by atoms with van der Waals surface area (Å²) in [5.74, 6) is -0.386. The average molecular weight is 256 g/mol. The van der Waals surface area contributed by atoms with Crippen LogP contribution in [-0.2, 0) is 0 Å². The van der Waals surface area contributed by atoms with E-state index < -0.39 is 10.7 Å². The van der Waals surface area contributed by atoms with Crippen LogP contribution in [0, 0.1) is 21.8 Å². The number of methoxy groups -OCH3 is 1. The maximum absolute atomic E-state index is 13.5. The Morgan fingerprint density at radius 3 is 2.56 bits per heavy atom. The zero-order chi connectivity index (χ0) is 13.9. The normalized spacial score (nSPS) is 10.6. The molecule has 1 rings (SSSR count). The first-order chi connectivity index (χ1) is 8.36. The summed E-state index contributed by atoms with van der Waals surface area (Å²) in [6.45, 7) is 4.64. The molecule has 0 spiro atoms. The number of anilines is 1. The minimum Gasteiger partial charge on any atom is -0.494 e. The number of rotatable bonds is 5. The van der Waals surface area contributed by atoms with Crippen LogP contribution < -0.4 is 9.64 Å². The number of hydrogen-bond donors (Lipinski definition) is 0. The molecular weight excluding hydrogens is 239 g/mol. The van der Waals surface area contributed by atoms with E-state index in [0.29, 0.717) is 18.2 Å². The molecule has 1 aromatic rings. The molecule has 0 aliphatic rings. The number of hydrogen-bond acceptors (Lipinski definition) is 4. The lowest BCUT2D eigenvalue weighted by Crippen LogP contribution is -2.23. The highest BCUT2D eigenvalue weighted by Crippen LogP contribution is 2.34. The van der Waals surface area contributed by atoms with Crippen LogP contribution in [0.2, 0.25) is 0 Å². The van der Waals surface area contributed by atoms with Gasteiger partial charge in [0.25, 0.3) is 5.69 Å². The molecule has 0 radical (unpaired) electrons. The van der Waals surface area contributed by atoms with Gasteiger partial charge < -0.3 is 9.64 Å². The predicted molar refractivity (Wildman–Crippen MR) is 67.7 cm³/mol. The van der Waals surface area contributed by atoms with Crippen LogP contribution in [0.15, 0.2) is 12.1 Å². The number of ether oxygens (including phenoxy) is 1. The van der Waals surface area contributed by atoms with Gasteiger partial charge in [-0.05, 0) is 5.92 Å². The Bertz CT molecular complexity index is 449. The zero-order valence-electron chi connectivity index (χ0n) is 10.9. The van der Waals surface area contributed by atoms with Crippen molar-refractivity contribution in [1.29, 1.82) is 0 Å². The third-order valence-electron chi connectivity index (χ3n) is 2.50. The summed E-state index contributed by atoms with van der Waals surface area (Å²) in [4.78, 5) is 12.1. The predicted octanol–water partition coefficient (Wildman–Crippen LogP) is 2.83. The van der Waals surface area contributed by atoms with Crippen molar-refractivity contribution < 1.29 is 14.1 Å². The number of halogens is 1. The van der Waals surface area contributed by atoms with Gasteiger partial charge in [-0.2, -0.15) is 0 Å². The maximum Gasteiger partial charge on any atom is 0.295 e. The van der Waals surface area contributed by atoms with Gasteiger partial charge in [0.05, 0.1) is 18.1 Å². The molecule has 0 unspecified atom stereocenters. The molecule has 1 aromatic carbocycles. The quantitative estimate of drug-likeness (QED) is 0.600. The summed E-state index contributed by atoms with van der Waals surface area (Å²) in [5, 5.41) is 10.9. The van der Waals surface area contributed by atoms with Gasteiger partial charge in [0, 0.05) is 19.7 Å². The van der Waals surface area contributed by atoms with E-state index in [-0.39, 0.29) is 11.4 Å². The van der Waals surface area contributed by atoms with Crippen LogP contribution in [0.3, 0.4) is 0 Å². The highest BCUT2D eigenvalue weighted by atomic mass is 19.1. The molecule has 18 heavy (non-hydrogen) atoms. The monoisotopic (exact) mass is 256 g/mol. The van der Waals surface area contributed by atoms with Crippen molar-refractivity contribution in [1.82, 2.24) is 0 Å². The molecule has 0 aliphatic carbocycles. The van der Waals surface area contributed by atoms with Crippen molar-refractivity contribution in [2.24, 2.45) is 5.92 Å². The highest BCUT2D eigenvalue weighted by molar-refractivity contribution is 5.65. The molecule has 0 saturated carbocycles. The first kappa shape index (κ1) is 14.2. The molecule has 100 valence electrons. The van der Waals surface area contributed by atoms with E-state index in [1.165, 1.54) is 13.2 Å². The summed E-state index contributed by atoms with van der Waals surface area (Å²) in [6.07, 6.45) is 0. The fraction of sp³-hybridized carbons (Fsp3) is 0.500. The van der Waals surface area contributed by atoms with Gasteiger partial charge in [-0.15, -0.1) is 0 Å². The average Bonchev–Trinajstić information content (AvgIpc) is 2.27. The van der Waals surface area contributed by atoms with Crippen molar-refractivity contribution >= 4 is 11.4 Å². The van der Waals surface area contributed by atoms with Gasteiger partial charge in [-0.3, -0.25) is 10.1 Å². The van der Waals surface area contributed by atoms with Crippen LogP contribution in [0.1, 0.15) is 13.8 Å². The third-order valence-corrected chi connectivity index (χ3v) is 2.50. The van der Waals surface area contributed by atoms with Gasteiger partial charge >= 0.3 is 0 Å². The van der Waals surface area contributed by atoms with Gasteiger partial charge in [0.15, 0.2) is 11.6 Å². The van der Waals surface area contributed by atoms with E-state index in [1.54, 1.807) is 11.9 Å². The second kappa shape index (κ2) is 5.66. The standard InChI is InChI=1S/C12H17FN2O3/c1-8(2)7-14(3)10-6-12(18-4)9(13)5-11(10)15(16)17/h5-6,8H,7H2,1-4H3. The molecular formula is C12H17FN2O3. The molecule has 0 aliphatic heterocycles. The Hall–Kier alpha value is -1.85. The molecule has 0 atom stereocenters. The first-order valence-electron chi connectivity index (χ1n) is 5.59. The minimum absolute atomic E-state index is 0.00575. The number of nitrogens with zero attached hydrogens (tertiary/aromatic N) is 2. The Morgan fingerprint density at radius 1 is 1.50 bits per heavy atom. The molecule has 0 fully saturated rings. The summed E-state index contributed by atoms with van der Waals surface area (Å²) in [7, 11) is 3.07. The molecule has 6 heteroatoms. The van der Waals surface area contributed by atoms with Gasteiger partial charge in [-0.1, -0.05) is 13.8 Å². The SMILES string of the molecule is COc1cc(N(C)CC(C)C)c([N+](=O)[O-])cc1F. The molecule has 0 bridgehead atoms. The topological polar surface area (TPSA) is 55.6 Å². The van der Waals surface area contributed by atoms with Gasteiger partial charge in [0.1, 0.15) is 5.69 Å². The zero-order valence-corrected chi connectivity index (χ0v) is 10.9. The second-order valence-electron chi connectivity index (χ2n) is 4.51. The minimum atomic E-state index is -0.731. The van der Waals surface area contributed by atoms with Crippen molar-refractivity contribution in [3.63, 3.8) is 0 Å². The Labute approximate surface area is 105 Å². The molecule has 0 amide bonds. The van der Waals surface area contributed by atoms with Crippen LogP contribution in [0.5, 0.6) is 5.75 Å². The van der Waals surface area contributed by atoms with Crippen molar-refractivity contribution in [2.45, 2.75) is 13.8 Å². The van der Waals surface area contributed by atoms with Crippen molar-refractivity contribution in [2.75, 3.05) is 25.6 Å². The van der Waals surface area contributed by atoms with E-state index in [4.69, 9.17) is 4.74 Å². The third kappa shape index (κ3) is 3.09. The van der Waals surface area contributed by atoms with Crippen LogP contribution >= 0.6 is 0 Å². The van der Waals surface area contributed by atoms with Crippen LogP contribution in [-0.4, -0.2) is 25.6 Å². The lowest BCUT2D eigenvalue weighted by molar-refractivity contribution is -0.384. The highest BCUT2D eigenvalue weighted by Gasteiger charge is 2.22. The summed E-state index contributed by atoms with van der Waals surface area (Å²) >= 11 is 0. The van der Waals surface area contributed by atoms with Crippen molar-refractivity contribution in [3.8, 4) is 5.75 Å². The smallest absolute Gasteiger partial charge is 0.295 e. The summed E-state index contributed by atoms with van der Waals surface area (Å²) in [5.41, 5.74) is 0.100. The number of nitro groups is 1. The van der Waals surface area contributed by atoms with E-state index in [2.05, 4.69) is 0 Å². The maximum atomic E-state index is 13.5. The first-order valence-corrected chi connectivity index (χ1v) is 5.59. The number of nitro benzene ring substituents is 1.